The Kier molecular flexibility index (Phi) is 4.20. The molecule has 0 saturated carbocycles. The molecule has 132 valence electrons. The summed E-state index contributed by atoms with van der Waals surface area (Å²) in [5.41, 5.74) is 6.91. The Hall–Kier alpha value is -2.90. The van der Waals surface area contributed by atoms with Crippen molar-refractivity contribution in [2.45, 2.75) is 31.7 Å². The second-order valence-corrected chi connectivity index (χ2v) is 6.53. The minimum absolute atomic E-state index is 0.343. The molecule has 2 aliphatic rings. The van der Waals surface area contributed by atoms with Crippen LogP contribution < -0.4 is 16.4 Å². The van der Waals surface area contributed by atoms with Crippen molar-refractivity contribution >= 4 is 23.8 Å². The summed E-state index contributed by atoms with van der Waals surface area (Å²) < 4.78 is 0. The molecule has 8 nitrogen and oxygen atoms in total. The number of rotatable bonds is 5. The average molecular weight is 344 g/mol. The number of nitrogens with one attached hydrogen (secondary N) is 2. The molecule has 4 N–H and O–H groups in total. The van der Waals surface area contributed by atoms with E-state index in [-0.39, 0.29) is 6.54 Å². The lowest BCUT2D eigenvalue weighted by atomic mass is 9.89. The smallest absolute Gasteiger partial charge is 0.325 e. The summed E-state index contributed by atoms with van der Waals surface area (Å²) in [6.45, 7) is 0.828. The fourth-order valence-electron chi connectivity index (χ4n) is 3.30. The summed E-state index contributed by atoms with van der Waals surface area (Å²) in [5, 5.41) is 4.94. The number of hydrogen-bond acceptors (Lipinski definition) is 4. The molecule has 0 radical (unpaired) electrons. The second-order valence-electron chi connectivity index (χ2n) is 6.53. The third kappa shape index (κ3) is 3.07. The van der Waals surface area contributed by atoms with Gasteiger partial charge in [0.25, 0.3) is 5.91 Å². The molecule has 0 bridgehead atoms. The van der Waals surface area contributed by atoms with Crippen LogP contribution in [0, 0.1) is 0 Å². The van der Waals surface area contributed by atoms with Gasteiger partial charge in [-0.1, -0.05) is 18.2 Å². The lowest BCUT2D eigenvalue weighted by Crippen LogP contribution is -2.44. The molecule has 1 atom stereocenters. The number of imide groups is 1. The monoisotopic (exact) mass is 344 g/mol. The van der Waals surface area contributed by atoms with Gasteiger partial charge in [-0.2, -0.15) is 0 Å². The molecule has 0 spiro atoms. The Morgan fingerprint density at radius 3 is 2.72 bits per heavy atom. The number of urea groups is 1. The highest BCUT2D eigenvalue weighted by atomic mass is 16.2. The van der Waals surface area contributed by atoms with Crippen LogP contribution in [0.15, 0.2) is 18.2 Å². The molecule has 1 aromatic carbocycles. The van der Waals surface area contributed by atoms with Crippen molar-refractivity contribution in [2.75, 3.05) is 13.1 Å². The first-order valence-corrected chi connectivity index (χ1v) is 8.12. The van der Waals surface area contributed by atoms with Crippen molar-refractivity contribution in [1.29, 1.82) is 0 Å². The van der Waals surface area contributed by atoms with Crippen LogP contribution in [0.4, 0.5) is 4.79 Å². The maximum Gasteiger partial charge on any atom is 0.325 e. The molecular weight excluding hydrogens is 324 g/mol. The van der Waals surface area contributed by atoms with E-state index >= 15 is 0 Å². The minimum Gasteiger partial charge on any atom is -0.368 e. The summed E-state index contributed by atoms with van der Waals surface area (Å²) in [7, 11) is 0. The molecule has 0 aromatic heterocycles. The highest BCUT2D eigenvalue weighted by Crippen LogP contribution is 2.32. The summed E-state index contributed by atoms with van der Waals surface area (Å²) in [6, 6.07) is 5.16. The van der Waals surface area contributed by atoms with E-state index in [1.54, 1.807) is 6.92 Å². The predicted molar refractivity (Wildman–Crippen MR) is 88.3 cm³/mol. The average Bonchev–Trinajstić information content (AvgIpc) is 3.11. The predicted octanol–water partition coefficient (Wildman–Crippen LogP) is -0.456. The Balaban J connectivity index is 1.78. The standard InChI is InChI=1S/C17H20N4O4/c1-17(12-6-5-10-3-2-4-11(10)7-12)15(24)21(16(25)20-17)9-14(23)19-8-13(18)22/h5-7H,2-4,8-9H2,1H3,(H2,18,22)(H,19,23)(H,20,25)/t17-/m0/s1. The van der Waals surface area contributed by atoms with Gasteiger partial charge < -0.3 is 16.4 Å². The van der Waals surface area contributed by atoms with Crippen LogP contribution in [0.3, 0.4) is 0 Å². The van der Waals surface area contributed by atoms with Gasteiger partial charge in [0.1, 0.15) is 12.1 Å². The molecule has 1 aliphatic carbocycles. The fourth-order valence-corrected chi connectivity index (χ4v) is 3.30. The third-order valence-corrected chi connectivity index (χ3v) is 4.71. The van der Waals surface area contributed by atoms with E-state index in [1.165, 1.54) is 11.1 Å². The number of aryl methyl sites for hydroxylation is 2. The molecule has 25 heavy (non-hydrogen) atoms. The van der Waals surface area contributed by atoms with E-state index in [0.717, 1.165) is 24.2 Å². The van der Waals surface area contributed by atoms with Gasteiger partial charge in [-0.05, 0) is 42.9 Å². The number of carbonyl (C=O) groups is 4. The van der Waals surface area contributed by atoms with Gasteiger partial charge in [0.05, 0.1) is 6.54 Å². The van der Waals surface area contributed by atoms with Gasteiger partial charge >= 0.3 is 6.03 Å². The van der Waals surface area contributed by atoms with E-state index in [1.807, 2.05) is 18.2 Å². The van der Waals surface area contributed by atoms with Crippen LogP contribution in [0.2, 0.25) is 0 Å². The minimum atomic E-state index is -1.21. The van der Waals surface area contributed by atoms with Crippen LogP contribution in [-0.4, -0.2) is 41.7 Å². The molecule has 8 heteroatoms. The molecule has 1 aliphatic heterocycles. The molecule has 1 saturated heterocycles. The number of nitrogens with zero attached hydrogens (tertiary/aromatic N) is 1. The van der Waals surface area contributed by atoms with E-state index in [2.05, 4.69) is 10.6 Å². The third-order valence-electron chi connectivity index (χ3n) is 4.71. The van der Waals surface area contributed by atoms with Crippen molar-refractivity contribution in [1.82, 2.24) is 15.5 Å². The van der Waals surface area contributed by atoms with Gasteiger partial charge in [-0.25, -0.2) is 4.79 Å². The first-order valence-electron chi connectivity index (χ1n) is 8.12. The van der Waals surface area contributed by atoms with E-state index in [0.29, 0.717) is 5.56 Å². The number of nitrogens with two attached hydrogens (primary N) is 1. The topological polar surface area (TPSA) is 122 Å². The van der Waals surface area contributed by atoms with Crippen molar-refractivity contribution in [3.8, 4) is 0 Å². The zero-order valence-electron chi connectivity index (χ0n) is 13.9. The first kappa shape index (κ1) is 16.9. The number of fused-ring (bicyclic) bond motifs is 1. The summed E-state index contributed by atoms with van der Waals surface area (Å²) >= 11 is 0. The van der Waals surface area contributed by atoms with Crippen molar-refractivity contribution in [3.63, 3.8) is 0 Å². The van der Waals surface area contributed by atoms with Gasteiger partial charge in [-0.3, -0.25) is 19.3 Å². The summed E-state index contributed by atoms with van der Waals surface area (Å²) in [6.07, 6.45) is 3.07. The fraction of sp³-hybridized carbons (Fsp3) is 0.412. The summed E-state index contributed by atoms with van der Waals surface area (Å²) in [5.74, 6) is -1.82. The number of benzene rings is 1. The lowest BCUT2D eigenvalue weighted by molar-refractivity contribution is -0.135. The maximum atomic E-state index is 12.8. The molecule has 3 rings (SSSR count). The normalized spacial score (nSPS) is 21.9. The molecule has 0 unspecified atom stereocenters. The molecule has 1 aromatic rings. The molecule has 5 amide bonds. The zero-order chi connectivity index (χ0) is 18.2. The Labute approximate surface area is 144 Å². The highest BCUT2D eigenvalue weighted by molar-refractivity contribution is 6.09. The quantitative estimate of drug-likeness (QED) is 0.626. The van der Waals surface area contributed by atoms with Crippen LogP contribution in [0.1, 0.15) is 30.0 Å². The van der Waals surface area contributed by atoms with Crippen LogP contribution >= 0.6 is 0 Å². The number of primary amides is 1. The van der Waals surface area contributed by atoms with Crippen molar-refractivity contribution < 1.29 is 19.2 Å². The van der Waals surface area contributed by atoms with Crippen LogP contribution in [0.25, 0.3) is 0 Å². The van der Waals surface area contributed by atoms with Crippen molar-refractivity contribution in [3.05, 3.63) is 34.9 Å². The maximum absolute atomic E-state index is 12.8. The second kappa shape index (κ2) is 6.19. The molecule has 1 heterocycles. The Bertz CT molecular complexity index is 776. The van der Waals surface area contributed by atoms with Gasteiger partial charge in [0.2, 0.25) is 11.8 Å². The lowest BCUT2D eigenvalue weighted by Gasteiger charge is -2.23. The van der Waals surface area contributed by atoms with Gasteiger partial charge in [0, 0.05) is 0 Å². The van der Waals surface area contributed by atoms with E-state index < -0.39 is 35.8 Å². The number of carbonyl (C=O) groups excluding carboxylic acids is 4. The molecular formula is C17H20N4O4. The van der Waals surface area contributed by atoms with Gasteiger partial charge in [-0.15, -0.1) is 0 Å². The first-order chi connectivity index (χ1) is 11.8. The van der Waals surface area contributed by atoms with E-state index in [9.17, 15) is 19.2 Å². The molecule has 1 fully saturated rings. The SMILES string of the molecule is C[C@@]1(c2ccc3c(c2)CCC3)NC(=O)N(CC(=O)NCC(N)=O)C1=O. The highest BCUT2D eigenvalue weighted by Gasteiger charge is 2.49. The Morgan fingerprint density at radius 2 is 2.00 bits per heavy atom. The largest absolute Gasteiger partial charge is 0.368 e. The zero-order valence-corrected chi connectivity index (χ0v) is 13.9. The van der Waals surface area contributed by atoms with E-state index in [4.69, 9.17) is 5.73 Å². The number of hydrogen-bond donors (Lipinski definition) is 3. The van der Waals surface area contributed by atoms with Crippen LogP contribution in [0.5, 0.6) is 0 Å². The summed E-state index contributed by atoms with van der Waals surface area (Å²) in [4.78, 5) is 48.3. The number of amides is 5. The van der Waals surface area contributed by atoms with Crippen LogP contribution in [-0.2, 0) is 32.8 Å². The van der Waals surface area contributed by atoms with Gasteiger partial charge in [0.15, 0.2) is 0 Å². The van der Waals surface area contributed by atoms with Crippen molar-refractivity contribution in [2.24, 2.45) is 5.73 Å². The Morgan fingerprint density at radius 1 is 1.28 bits per heavy atom.